The fourth-order valence-electron chi connectivity index (χ4n) is 2.07. The van der Waals surface area contributed by atoms with Crippen molar-refractivity contribution in [3.63, 3.8) is 0 Å². The highest BCUT2D eigenvalue weighted by Gasteiger charge is 2.20. The number of hydrogen-bond acceptors (Lipinski definition) is 7. The van der Waals surface area contributed by atoms with Crippen LogP contribution in [0.25, 0.3) is 0 Å². The van der Waals surface area contributed by atoms with E-state index >= 15 is 0 Å². The zero-order chi connectivity index (χ0) is 17.1. The summed E-state index contributed by atoms with van der Waals surface area (Å²) in [7, 11) is 1.47. The number of anilines is 1. The highest BCUT2D eigenvalue weighted by Crippen LogP contribution is 2.14. The molecule has 0 aliphatic heterocycles. The normalized spacial score (nSPS) is 10.5. The molecule has 0 unspecified atom stereocenters. The quantitative estimate of drug-likeness (QED) is 0.723. The Morgan fingerprint density at radius 3 is 2.92 bits per heavy atom. The molecule has 9 heteroatoms. The highest BCUT2D eigenvalue weighted by molar-refractivity contribution is 6.04. The monoisotopic (exact) mass is 327 g/mol. The van der Waals surface area contributed by atoms with Crippen LogP contribution in [-0.4, -0.2) is 30.7 Å². The van der Waals surface area contributed by atoms with Gasteiger partial charge in [0.05, 0.1) is 6.20 Å². The number of aromatic hydroxyl groups is 1. The molecule has 9 nitrogen and oxygen atoms in total. The molecule has 3 rings (SSSR count). The Hall–Kier alpha value is -3.49. The molecule has 24 heavy (non-hydrogen) atoms. The van der Waals surface area contributed by atoms with Crippen molar-refractivity contribution in [2.24, 2.45) is 7.05 Å². The molecule has 2 N–H and O–H groups in total. The van der Waals surface area contributed by atoms with E-state index in [0.29, 0.717) is 11.5 Å². The third-order valence-electron chi connectivity index (χ3n) is 3.33. The van der Waals surface area contributed by atoms with Crippen molar-refractivity contribution in [2.75, 3.05) is 5.32 Å². The van der Waals surface area contributed by atoms with E-state index in [1.807, 2.05) is 0 Å². The summed E-state index contributed by atoms with van der Waals surface area (Å²) in [6.45, 7) is 0. The van der Waals surface area contributed by atoms with E-state index in [4.69, 9.17) is 0 Å². The minimum Gasteiger partial charge on any atom is -0.501 e. The minimum absolute atomic E-state index is 0.237. The van der Waals surface area contributed by atoms with E-state index in [-0.39, 0.29) is 17.8 Å². The maximum absolute atomic E-state index is 12.2. The standard InChI is InChI=1S/C15H13N5O4/c1-20-11(6-9-4-2-3-5-16-9)19-12(13(21)15(20)23)14(22)18-10-7-17-24-8-10/h2-5,7-8,21H,6H2,1H3,(H,18,22). The molecule has 0 fully saturated rings. The number of amides is 1. The van der Waals surface area contributed by atoms with Crippen LogP contribution in [0, 0.1) is 0 Å². The smallest absolute Gasteiger partial charge is 0.296 e. The van der Waals surface area contributed by atoms with Gasteiger partial charge in [-0.25, -0.2) is 4.98 Å². The second kappa shape index (κ2) is 6.32. The Morgan fingerprint density at radius 1 is 1.42 bits per heavy atom. The predicted molar refractivity (Wildman–Crippen MR) is 82.6 cm³/mol. The summed E-state index contributed by atoms with van der Waals surface area (Å²) < 4.78 is 5.79. The van der Waals surface area contributed by atoms with Crippen LogP contribution < -0.4 is 10.9 Å². The molecule has 0 bridgehead atoms. The van der Waals surface area contributed by atoms with Crippen molar-refractivity contribution in [3.8, 4) is 5.75 Å². The highest BCUT2D eigenvalue weighted by atomic mass is 16.5. The van der Waals surface area contributed by atoms with Crippen LogP contribution in [0.2, 0.25) is 0 Å². The second-order valence-electron chi connectivity index (χ2n) is 4.95. The van der Waals surface area contributed by atoms with E-state index in [1.165, 1.54) is 24.1 Å². The summed E-state index contributed by atoms with van der Waals surface area (Å²) in [6.07, 6.45) is 4.35. The van der Waals surface area contributed by atoms with Crippen molar-refractivity contribution in [2.45, 2.75) is 6.42 Å². The molecule has 0 aliphatic carbocycles. The first kappa shape index (κ1) is 15.4. The summed E-state index contributed by atoms with van der Waals surface area (Å²) in [4.78, 5) is 32.7. The molecule has 1 amide bonds. The van der Waals surface area contributed by atoms with E-state index in [0.717, 1.165) is 0 Å². The van der Waals surface area contributed by atoms with E-state index in [1.54, 1.807) is 24.4 Å². The zero-order valence-corrected chi connectivity index (χ0v) is 12.6. The number of carbonyl (C=O) groups excluding carboxylic acids is 1. The summed E-state index contributed by atoms with van der Waals surface area (Å²) in [5.41, 5.74) is -0.124. The Kier molecular flexibility index (Phi) is 4.06. The molecule has 0 radical (unpaired) electrons. The van der Waals surface area contributed by atoms with Gasteiger partial charge in [-0.2, -0.15) is 0 Å². The van der Waals surface area contributed by atoms with Crippen LogP contribution in [0.15, 0.2) is 46.2 Å². The van der Waals surface area contributed by atoms with Crippen molar-refractivity contribution < 1.29 is 14.4 Å². The number of aromatic nitrogens is 4. The summed E-state index contributed by atoms with van der Waals surface area (Å²) in [5, 5.41) is 15.8. The third kappa shape index (κ3) is 3.00. The first-order chi connectivity index (χ1) is 11.6. The lowest BCUT2D eigenvalue weighted by Gasteiger charge is -2.10. The number of nitrogens with zero attached hydrogens (tertiary/aromatic N) is 4. The van der Waals surface area contributed by atoms with Crippen LogP contribution in [0.4, 0.5) is 5.69 Å². The summed E-state index contributed by atoms with van der Waals surface area (Å²) in [6, 6.07) is 5.35. The van der Waals surface area contributed by atoms with Gasteiger partial charge < -0.3 is 14.9 Å². The molecule has 0 atom stereocenters. The molecule has 0 saturated heterocycles. The van der Waals surface area contributed by atoms with Gasteiger partial charge in [-0.3, -0.25) is 19.1 Å². The van der Waals surface area contributed by atoms with E-state index < -0.39 is 17.2 Å². The first-order valence-electron chi connectivity index (χ1n) is 6.95. The number of nitrogens with one attached hydrogen (secondary N) is 1. The molecule has 0 saturated carbocycles. The molecule has 0 spiro atoms. The molecule has 3 aromatic rings. The van der Waals surface area contributed by atoms with Crippen LogP contribution in [-0.2, 0) is 13.5 Å². The molecule has 0 aliphatic rings. The van der Waals surface area contributed by atoms with Crippen LogP contribution in [0.3, 0.4) is 0 Å². The fraction of sp³-hybridized carbons (Fsp3) is 0.133. The molecule has 122 valence electrons. The fourth-order valence-corrected chi connectivity index (χ4v) is 2.07. The Morgan fingerprint density at radius 2 is 2.25 bits per heavy atom. The molecule has 3 aromatic heterocycles. The van der Waals surface area contributed by atoms with E-state index in [2.05, 4.69) is 25.0 Å². The second-order valence-corrected chi connectivity index (χ2v) is 4.95. The minimum atomic E-state index is -0.740. The van der Waals surface area contributed by atoms with Crippen LogP contribution in [0.5, 0.6) is 5.75 Å². The van der Waals surface area contributed by atoms with Gasteiger partial charge in [0.2, 0.25) is 5.75 Å². The number of pyridine rings is 1. The number of rotatable bonds is 4. The van der Waals surface area contributed by atoms with Crippen molar-refractivity contribution in [3.05, 3.63) is 64.4 Å². The predicted octanol–water partition coefficient (Wildman–Crippen LogP) is 0.712. The molecular weight excluding hydrogens is 314 g/mol. The maximum Gasteiger partial charge on any atom is 0.296 e. The molecule has 3 heterocycles. The lowest BCUT2D eigenvalue weighted by atomic mass is 10.2. The van der Waals surface area contributed by atoms with Gasteiger partial charge in [0.25, 0.3) is 11.5 Å². The van der Waals surface area contributed by atoms with Gasteiger partial charge in [0.1, 0.15) is 17.8 Å². The van der Waals surface area contributed by atoms with Gasteiger partial charge in [-0.1, -0.05) is 11.2 Å². The van der Waals surface area contributed by atoms with Gasteiger partial charge in [0, 0.05) is 25.4 Å². The first-order valence-corrected chi connectivity index (χ1v) is 6.95. The maximum atomic E-state index is 12.2. The van der Waals surface area contributed by atoms with Gasteiger partial charge in [-0.05, 0) is 12.1 Å². The number of hydrogen-bond donors (Lipinski definition) is 2. The van der Waals surface area contributed by atoms with Crippen molar-refractivity contribution in [1.29, 1.82) is 0 Å². The third-order valence-corrected chi connectivity index (χ3v) is 3.33. The molecular formula is C15H13N5O4. The Balaban J connectivity index is 1.97. The topological polar surface area (TPSA) is 123 Å². The van der Waals surface area contributed by atoms with Crippen LogP contribution in [0.1, 0.15) is 22.0 Å². The van der Waals surface area contributed by atoms with Gasteiger partial charge in [0.15, 0.2) is 5.69 Å². The summed E-state index contributed by atoms with van der Waals surface area (Å²) in [5.74, 6) is -1.17. The largest absolute Gasteiger partial charge is 0.501 e. The average molecular weight is 327 g/mol. The Labute approximate surface area is 135 Å². The van der Waals surface area contributed by atoms with Gasteiger partial charge >= 0.3 is 0 Å². The number of carbonyl (C=O) groups is 1. The van der Waals surface area contributed by atoms with Gasteiger partial charge in [-0.15, -0.1) is 0 Å². The lowest BCUT2D eigenvalue weighted by Crippen LogP contribution is -2.27. The van der Waals surface area contributed by atoms with Crippen LogP contribution >= 0.6 is 0 Å². The lowest BCUT2D eigenvalue weighted by molar-refractivity contribution is 0.101. The Bertz CT molecular complexity index is 919. The van der Waals surface area contributed by atoms with Crippen molar-refractivity contribution >= 4 is 11.6 Å². The summed E-state index contributed by atoms with van der Waals surface area (Å²) >= 11 is 0. The average Bonchev–Trinajstić information content (AvgIpc) is 3.09. The van der Waals surface area contributed by atoms with Crippen molar-refractivity contribution in [1.82, 2.24) is 19.7 Å². The molecule has 0 aromatic carbocycles. The zero-order valence-electron chi connectivity index (χ0n) is 12.6. The van der Waals surface area contributed by atoms with E-state index in [9.17, 15) is 14.7 Å². The SMILES string of the molecule is Cn1c(Cc2ccccn2)nc(C(=O)Nc2cnoc2)c(O)c1=O.